The van der Waals surface area contributed by atoms with Crippen molar-refractivity contribution in [3.8, 4) is 0 Å². The molecule has 1 saturated heterocycles. The van der Waals surface area contributed by atoms with Crippen molar-refractivity contribution in [3.05, 3.63) is 29.8 Å². The fraction of sp³-hybridized carbons (Fsp3) is 0.611. The summed E-state index contributed by atoms with van der Waals surface area (Å²) < 4.78 is 5.50. The maximum Gasteiger partial charge on any atom is 0.518 e. The summed E-state index contributed by atoms with van der Waals surface area (Å²) in [4.78, 5) is 14.4. The van der Waals surface area contributed by atoms with Crippen molar-refractivity contribution in [3.63, 3.8) is 0 Å². The Bertz CT molecular complexity index is 453. The molecule has 1 amide bonds. The summed E-state index contributed by atoms with van der Waals surface area (Å²) in [6, 6.07) is 8.14. The molecule has 0 radical (unpaired) electrons. The average Bonchev–Trinajstić information content (AvgIpc) is 2.50. The topological polar surface area (TPSA) is 46.1 Å². The van der Waals surface area contributed by atoms with Crippen LogP contribution in [0.5, 0.6) is 0 Å². The van der Waals surface area contributed by atoms with Gasteiger partial charge in [0.2, 0.25) is 0 Å². The molecule has 0 saturated carbocycles. The predicted octanol–water partition coefficient (Wildman–Crippen LogP) is 2.85. The fourth-order valence-electron chi connectivity index (χ4n) is 2.98. The number of amides is 1. The number of carbonyl (C=O) groups is 1. The lowest BCUT2D eigenvalue weighted by Gasteiger charge is -2.28. The zero-order valence-corrected chi connectivity index (χ0v) is 13.9. The van der Waals surface area contributed by atoms with Gasteiger partial charge >= 0.3 is 6.09 Å². The van der Waals surface area contributed by atoms with Crippen molar-refractivity contribution in [2.45, 2.75) is 52.1 Å². The van der Waals surface area contributed by atoms with E-state index in [1.807, 2.05) is 19.1 Å². The van der Waals surface area contributed by atoms with Crippen LogP contribution in [0.15, 0.2) is 24.3 Å². The summed E-state index contributed by atoms with van der Waals surface area (Å²) in [5.41, 5.74) is 2.22. The molecule has 2 rings (SSSR count). The molecule has 0 bridgehead atoms. The third kappa shape index (κ3) is 5.78. The molecule has 1 atom stereocenters. The van der Waals surface area contributed by atoms with E-state index in [2.05, 4.69) is 24.0 Å². The number of likely N-dealkylation sites (tertiary alicyclic amines) is 1. The number of hydrogen-bond acceptors (Lipinski definition) is 3. The van der Waals surface area contributed by atoms with Crippen LogP contribution in [0.2, 0.25) is 0 Å². The van der Waals surface area contributed by atoms with Crippen molar-refractivity contribution in [2.24, 2.45) is 0 Å². The minimum absolute atomic E-state index is 0.0544. The lowest BCUT2D eigenvalue weighted by Crippen LogP contribution is -2.82. The van der Waals surface area contributed by atoms with Gasteiger partial charge in [0.05, 0.1) is 0 Å². The third-order valence-corrected chi connectivity index (χ3v) is 4.08. The summed E-state index contributed by atoms with van der Waals surface area (Å²) in [6.45, 7) is 7.25. The Balaban J connectivity index is 1.74. The summed E-state index contributed by atoms with van der Waals surface area (Å²) >= 11 is 0. The van der Waals surface area contributed by atoms with Crippen molar-refractivity contribution < 1.29 is 14.8 Å². The molecule has 1 aromatic carbocycles. The van der Waals surface area contributed by atoms with Gasteiger partial charge in [0.25, 0.3) is 0 Å². The molecule has 1 aromatic rings. The molecule has 2 N–H and O–H groups in total. The van der Waals surface area contributed by atoms with Crippen LogP contribution in [-0.2, 0) is 11.2 Å². The minimum atomic E-state index is -0.243. The first-order chi connectivity index (χ1) is 10.7. The second-order valence-corrected chi connectivity index (χ2v) is 6.24. The van der Waals surface area contributed by atoms with Crippen molar-refractivity contribution in [1.29, 1.82) is 0 Å². The molecule has 122 valence electrons. The van der Waals surface area contributed by atoms with Gasteiger partial charge in [-0.05, 0) is 57.0 Å². The lowest BCUT2D eigenvalue weighted by molar-refractivity contribution is -0.484. The normalized spacial score (nSPS) is 17.2. The first kappa shape index (κ1) is 17.0. The van der Waals surface area contributed by atoms with Gasteiger partial charge in [0, 0.05) is 6.54 Å². The number of ether oxygens (including phenoxy) is 1. The van der Waals surface area contributed by atoms with E-state index in [1.54, 1.807) is 5.32 Å². The van der Waals surface area contributed by atoms with Crippen LogP contribution in [-0.4, -0.2) is 36.7 Å². The molecule has 1 fully saturated rings. The number of piperidine rings is 1. The van der Waals surface area contributed by atoms with Crippen LogP contribution < -0.4 is 5.32 Å². The molecule has 0 unspecified atom stereocenters. The minimum Gasteiger partial charge on any atom is -0.415 e. The Morgan fingerprint density at radius 3 is 2.55 bits per heavy atom. The average molecular weight is 305 g/mol. The molecular formula is C18H29N2O2+. The van der Waals surface area contributed by atoms with Crippen molar-refractivity contribution in [1.82, 2.24) is 4.90 Å². The van der Waals surface area contributed by atoms with E-state index >= 15 is 0 Å². The highest BCUT2D eigenvalue weighted by Crippen LogP contribution is 2.10. The summed E-state index contributed by atoms with van der Waals surface area (Å²) in [5, 5.41) is 1.59. The van der Waals surface area contributed by atoms with E-state index in [0.29, 0.717) is 0 Å². The van der Waals surface area contributed by atoms with Crippen LogP contribution >= 0.6 is 0 Å². The first-order valence-electron chi connectivity index (χ1n) is 8.54. The van der Waals surface area contributed by atoms with Gasteiger partial charge in [-0.2, -0.15) is 4.79 Å². The Kier molecular flexibility index (Phi) is 6.87. The maximum absolute atomic E-state index is 12.0. The predicted molar refractivity (Wildman–Crippen MR) is 88.3 cm³/mol. The first-order valence-corrected chi connectivity index (χ1v) is 8.54. The Labute approximate surface area is 133 Å². The smallest absolute Gasteiger partial charge is 0.415 e. The van der Waals surface area contributed by atoms with Gasteiger partial charge in [-0.1, -0.05) is 31.9 Å². The SMILES string of the molecule is CCCc1ccc([NH2+]C(=O)O[C@H](C)CN2CCCCC2)cc1. The van der Waals surface area contributed by atoms with Crippen LogP contribution in [0.4, 0.5) is 10.5 Å². The second kappa shape index (κ2) is 8.91. The molecule has 4 nitrogen and oxygen atoms in total. The second-order valence-electron chi connectivity index (χ2n) is 6.24. The van der Waals surface area contributed by atoms with Gasteiger partial charge < -0.3 is 4.74 Å². The molecule has 22 heavy (non-hydrogen) atoms. The van der Waals surface area contributed by atoms with Gasteiger partial charge in [-0.25, -0.2) is 5.32 Å². The van der Waals surface area contributed by atoms with Crippen LogP contribution in [0, 0.1) is 0 Å². The van der Waals surface area contributed by atoms with E-state index in [9.17, 15) is 4.79 Å². The molecular weight excluding hydrogens is 276 g/mol. The van der Waals surface area contributed by atoms with Crippen LogP contribution in [0.3, 0.4) is 0 Å². The summed E-state index contributed by atoms with van der Waals surface area (Å²) in [5.74, 6) is 0. The van der Waals surface area contributed by atoms with E-state index in [1.165, 1.54) is 24.8 Å². The molecule has 1 aliphatic rings. The van der Waals surface area contributed by atoms with E-state index in [0.717, 1.165) is 38.2 Å². The largest absolute Gasteiger partial charge is 0.518 e. The van der Waals surface area contributed by atoms with Gasteiger partial charge in [0.1, 0.15) is 11.8 Å². The number of primary amides is 1. The van der Waals surface area contributed by atoms with Crippen molar-refractivity contribution >= 4 is 11.8 Å². The maximum atomic E-state index is 12.0. The van der Waals surface area contributed by atoms with E-state index < -0.39 is 0 Å². The molecule has 1 heterocycles. The molecule has 0 spiro atoms. The lowest BCUT2D eigenvalue weighted by atomic mass is 10.1. The highest BCUT2D eigenvalue weighted by Gasteiger charge is 2.18. The number of aryl methyl sites for hydroxylation is 1. The van der Waals surface area contributed by atoms with E-state index in [4.69, 9.17) is 4.74 Å². The number of benzene rings is 1. The van der Waals surface area contributed by atoms with Crippen LogP contribution in [0.25, 0.3) is 0 Å². The molecule has 0 aliphatic carbocycles. The zero-order chi connectivity index (χ0) is 15.8. The number of hydrogen-bond donors (Lipinski definition) is 1. The number of nitrogens with zero attached hydrogens (tertiary/aromatic N) is 1. The van der Waals surface area contributed by atoms with Crippen molar-refractivity contribution in [2.75, 3.05) is 19.6 Å². The van der Waals surface area contributed by atoms with Gasteiger partial charge in [0.15, 0.2) is 0 Å². The highest BCUT2D eigenvalue weighted by molar-refractivity contribution is 5.59. The molecule has 0 aromatic heterocycles. The Morgan fingerprint density at radius 1 is 1.23 bits per heavy atom. The number of carbonyl (C=O) groups excluding carboxylic acids is 1. The highest BCUT2D eigenvalue weighted by atomic mass is 16.6. The summed E-state index contributed by atoms with van der Waals surface area (Å²) in [6.07, 6.45) is 5.77. The van der Waals surface area contributed by atoms with Gasteiger partial charge in [-0.3, -0.25) is 4.90 Å². The standard InChI is InChI=1S/C18H28N2O2/c1-3-7-16-8-10-17(11-9-16)19-18(21)22-15(2)14-20-12-5-4-6-13-20/h8-11,15H,3-7,12-14H2,1-2H3,(H,19,21)/p+1/t15-/m1/s1. The number of rotatable bonds is 6. The summed E-state index contributed by atoms with van der Waals surface area (Å²) in [7, 11) is 0. The van der Waals surface area contributed by atoms with E-state index in [-0.39, 0.29) is 12.2 Å². The zero-order valence-electron chi connectivity index (χ0n) is 13.9. The van der Waals surface area contributed by atoms with Gasteiger partial charge in [-0.15, -0.1) is 0 Å². The quantitative estimate of drug-likeness (QED) is 0.822. The fourth-order valence-corrected chi connectivity index (χ4v) is 2.98. The Hall–Kier alpha value is -1.39. The Morgan fingerprint density at radius 2 is 1.91 bits per heavy atom. The van der Waals surface area contributed by atoms with Crippen LogP contribution in [0.1, 0.15) is 45.1 Å². The molecule has 4 heteroatoms. The third-order valence-electron chi connectivity index (χ3n) is 4.08. The number of quaternary nitrogens is 1. The monoisotopic (exact) mass is 305 g/mol. The number of nitrogens with two attached hydrogens (primary N) is 1. The molecule has 1 aliphatic heterocycles.